The van der Waals surface area contributed by atoms with Crippen molar-refractivity contribution in [2.24, 2.45) is 10.9 Å². The Balaban J connectivity index is 0.00000420. The van der Waals surface area contributed by atoms with E-state index in [0.29, 0.717) is 12.3 Å². The quantitative estimate of drug-likeness (QED) is 0.286. The number of aliphatic imine (C=N–C) groups is 1. The number of methoxy groups -OCH3 is 1. The fourth-order valence-electron chi connectivity index (χ4n) is 3.33. The first-order valence-electron chi connectivity index (χ1n) is 9.93. The van der Waals surface area contributed by atoms with Crippen LogP contribution in [0.4, 0.5) is 5.69 Å². The minimum atomic E-state index is -2.95. The molecule has 1 heterocycles. The third-order valence-corrected chi connectivity index (χ3v) is 5.85. The summed E-state index contributed by atoms with van der Waals surface area (Å²) in [7, 11) is -1.24. The van der Waals surface area contributed by atoms with Crippen molar-refractivity contribution >= 4 is 45.5 Å². The fraction of sp³-hybridized carbons (Fsp3) is 0.650. The molecule has 1 aliphatic rings. The molecule has 0 saturated carbocycles. The molecule has 1 aliphatic heterocycles. The zero-order valence-corrected chi connectivity index (χ0v) is 21.0. The summed E-state index contributed by atoms with van der Waals surface area (Å²) in [6, 6.07) is 8.15. The van der Waals surface area contributed by atoms with Gasteiger partial charge in [0.15, 0.2) is 5.96 Å². The number of hydrogen-bond acceptors (Lipinski definition) is 5. The molecule has 0 radical (unpaired) electrons. The Kier molecular flexibility index (Phi) is 11.1. The number of sulfone groups is 1. The maximum absolute atomic E-state index is 11.4. The fourth-order valence-corrected chi connectivity index (χ4v) is 4.11. The average molecular weight is 538 g/mol. The Morgan fingerprint density at radius 2 is 2.10 bits per heavy atom. The molecule has 2 unspecified atom stereocenters. The van der Waals surface area contributed by atoms with Crippen molar-refractivity contribution in [2.45, 2.75) is 32.7 Å². The summed E-state index contributed by atoms with van der Waals surface area (Å²) in [4.78, 5) is 7.09. The van der Waals surface area contributed by atoms with E-state index in [1.54, 1.807) is 7.11 Å². The third kappa shape index (κ3) is 8.98. The number of nitrogens with zero attached hydrogens (tertiary/aromatic N) is 2. The number of guanidine groups is 1. The van der Waals surface area contributed by atoms with Crippen LogP contribution < -0.4 is 20.3 Å². The van der Waals surface area contributed by atoms with Gasteiger partial charge in [-0.15, -0.1) is 24.0 Å². The smallest absolute Gasteiger partial charge is 0.191 e. The molecule has 1 aromatic rings. The van der Waals surface area contributed by atoms with Crippen LogP contribution in [0.3, 0.4) is 0 Å². The van der Waals surface area contributed by atoms with Crippen LogP contribution >= 0.6 is 24.0 Å². The van der Waals surface area contributed by atoms with Gasteiger partial charge in [0, 0.05) is 38.5 Å². The van der Waals surface area contributed by atoms with Gasteiger partial charge >= 0.3 is 0 Å². The number of nitrogens with one attached hydrogen (secondary N) is 2. The number of ether oxygens (including phenoxy) is 1. The van der Waals surface area contributed by atoms with Gasteiger partial charge in [0.05, 0.1) is 18.6 Å². The van der Waals surface area contributed by atoms with Gasteiger partial charge in [0.1, 0.15) is 15.6 Å². The summed E-state index contributed by atoms with van der Waals surface area (Å²) in [6.45, 7) is 7.46. The summed E-state index contributed by atoms with van der Waals surface area (Å²) >= 11 is 0. The Morgan fingerprint density at radius 1 is 1.38 bits per heavy atom. The SMILES string of the molecule is CCNC(=NCC1CCN(c2ccccc2OC)C1)NC(C)CCS(C)(=O)=O.I. The molecule has 2 atom stereocenters. The van der Waals surface area contributed by atoms with E-state index in [2.05, 4.69) is 21.6 Å². The van der Waals surface area contributed by atoms with E-state index in [1.165, 1.54) is 6.26 Å². The number of para-hydroxylation sites is 2. The molecule has 7 nitrogen and oxygen atoms in total. The molecule has 0 aromatic heterocycles. The Morgan fingerprint density at radius 3 is 2.76 bits per heavy atom. The highest BCUT2D eigenvalue weighted by Crippen LogP contribution is 2.31. The van der Waals surface area contributed by atoms with Crippen LogP contribution in [-0.4, -0.2) is 65.7 Å². The van der Waals surface area contributed by atoms with Crippen molar-refractivity contribution in [3.05, 3.63) is 24.3 Å². The number of hydrogen-bond donors (Lipinski definition) is 2. The van der Waals surface area contributed by atoms with Crippen LogP contribution in [0.15, 0.2) is 29.3 Å². The highest BCUT2D eigenvalue weighted by molar-refractivity contribution is 14.0. The summed E-state index contributed by atoms with van der Waals surface area (Å²) in [5.41, 5.74) is 1.14. The topological polar surface area (TPSA) is 83.0 Å². The first-order valence-corrected chi connectivity index (χ1v) is 12.0. The Labute approximate surface area is 192 Å². The molecule has 0 bridgehead atoms. The zero-order valence-electron chi connectivity index (χ0n) is 17.8. The van der Waals surface area contributed by atoms with E-state index in [4.69, 9.17) is 9.73 Å². The Hall–Kier alpha value is -1.23. The van der Waals surface area contributed by atoms with Gasteiger partial charge in [0.2, 0.25) is 0 Å². The van der Waals surface area contributed by atoms with E-state index in [9.17, 15) is 8.42 Å². The number of halogens is 1. The second kappa shape index (κ2) is 12.5. The molecule has 1 saturated heterocycles. The predicted octanol–water partition coefficient (Wildman–Crippen LogP) is 2.52. The lowest BCUT2D eigenvalue weighted by atomic mass is 10.1. The number of benzene rings is 1. The summed E-state index contributed by atoms with van der Waals surface area (Å²) in [6.07, 6.45) is 2.92. The first-order chi connectivity index (χ1) is 13.3. The van der Waals surface area contributed by atoms with Crippen LogP contribution in [-0.2, 0) is 9.84 Å². The van der Waals surface area contributed by atoms with Gasteiger partial charge in [-0.1, -0.05) is 12.1 Å². The lowest BCUT2D eigenvalue weighted by molar-refractivity contribution is 0.414. The summed E-state index contributed by atoms with van der Waals surface area (Å²) in [5, 5.41) is 6.57. The second-order valence-electron chi connectivity index (χ2n) is 7.46. The maximum atomic E-state index is 11.4. The molecule has 1 fully saturated rings. The Bertz CT molecular complexity index is 758. The van der Waals surface area contributed by atoms with Crippen LogP contribution in [0.5, 0.6) is 5.75 Å². The van der Waals surface area contributed by atoms with Crippen LogP contribution in [0.25, 0.3) is 0 Å². The van der Waals surface area contributed by atoms with Gasteiger partial charge in [0.25, 0.3) is 0 Å². The molecular weight excluding hydrogens is 503 g/mol. The number of rotatable bonds is 9. The van der Waals surface area contributed by atoms with Crippen molar-refractivity contribution in [3.63, 3.8) is 0 Å². The first kappa shape index (κ1) is 25.8. The standard InChI is InChI=1S/C20H34N4O3S.HI/c1-5-21-20(23-16(2)11-13-28(4,25)26)22-14-17-10-12-24(15-17)18-8-6-7-9-19(18)27-3;/h6-9,16-17H,5,10-15H2,1-4H3,(H2,21,22,23);1H. The molecule has 9 heteroatoms. The highest BCUT2D eigenvalue weighted by Gasteiger charge is 2.24. The molecule has 0 aliphatic carbocycles. The van der Waals surface area contributed by atoms with Crippen LogP contribution in [0.2, 0.25) is 0 Å². The van der Waals surface area contributed by atoms with E-state index in [1.807, 2.05) is 32.0 Å². The largest absolute Gasteiger partial charge is 0.495 e. The normalized spacial score (nSPS) is 18.1. The monoisotopic (exact) mass is 538 g/mol. The van der Waals surface area contributed by atoms with E-state index >= 15 is 0 Å². The van der Waals surface area contributed by atoms with E-state index in [-0.39, 0.29) is 35.8 Å². The van der Waals surface area contributed by atoms with Gasteiger partial charge < -0.3 is 20.3 Å². The molecule has 29 heavy (non-hydrogen) atoms. The second-order valence-corrected chi connectivity index (χ2v) is 9.72. The van der Waals surface area contributed by atoms with Crippen molar-refractivity contribution in [1.82, 2.24) is 10.6 Å². The molecule has 0 spiro atoms. The van der Waals surface area contributed by atoms with Crippen LogP contribution in [0.1, 0.15) is 26.7 Å². The van der Waals surface area contributed by atoms with Gasteiger partial charge in [-0.3, -0.25) is 4.99 Å². The minimum absolute atomic E-state index is 0. The van der Waals surface area contributed by atoms with Gasteiger partial charge in [-0.25, -0.2) is 8.42 Å². The summed E-state index contributed by atoms with van der Waals surface area (Å²) < 4.78 is 28.2. The van der Waals surface area contributed by atoms with Gasteiger partial charge in [-0.2, -0.15) is 0 Å². The predicted molar refractivity (Wildman–Crippen MR) is 132 cm³/mol. The van der Waals surface area contributed by atoms with Crippen LogP contribution in [0, 0.1) is 5.92 Å². The molecule has 166 valence electrons. The van der Waals surface area contributed by atoms with E-state index < -0.39 is 9.84 Å². The third-order valence-electron chi connectivity index (χ3n) is 4.87. The molecular formula is C20H35IN4O3S. The van der Waals surface area contributed by atoms with Crippen molar-refractivity contribution in [1.29, 1.82) is 0 Å². The lowest BCUT2D eigenvalue weighted by Crippen LogP contribution is -2.43. The van der Waals surface area contributed by atoms with Crippen molar-refractivity contribution in [3.8, 4) is 5.75 Å². The van der Waals surface area contributed by atoms with Crippen molar-refractivity contribution < 1.29 is 13.2 Å². The van der Waals surface area contributed by atoms with E-state index in [0.717, 1.165) is 50.0 Å². The minimum Gasteiger partial charge on any atom is -0.495 e. The number of anilines is 1. The average Bonchev–Trinajstić information content (AvgIpc) is 3.13. The molecule has 2 N–H and O–H groups in total. The zero-order chi connectivity index (χ0) is 20.6. The lowest BCUT2D eigenvalue weighted by Gasteiger charge is -2.21. The van der Waals surface area contributed by atoms with Crippen molar-refractivity contribution in [2.75, 3.05) is 50.2 Å². The van der Waals surface area contributed by atoms with Gasteiger partial charge in [-0.05, 0) is 44.7 Å². The summed E-state index contributed by atoms with van der Waals surface area (Å²) in [5.74, 6) is 2.31. The molecule has 0 amide bonds. The highest BCUT2D eigenvalue weighted by atomic mass is 127. The maximum Gasteiger partial charge on any atom is 0.191 e. The molecule has 2 rings (SSSR count). The molecule has 1 aromatic carbocycles.